The molecule has 0 aliphatic carbocycles. The number of hydrogen-bond acceptors (Lipinski definition) is 7. The Hall–Kier alpha value is -4.78. The quantitative estimate of drug-likeness (QED) is 0.240. The number of ether oxygens (including phenoxy) is 1. The summed E-state index contributed by atoms with van der Waals surface area (Å²) in [4.78, 5) is 26.9. The monoisotopic (exact) mass is 430 g/mol. The number of benzene rings is 2. The van der Waals surface area contributed by atoms with E-state index in [0.29, 0.717) is 16.7 Å². The average molecular weight is 430 g/mol. The highest BCUT2D eigenvalue weighted by Gasteiger charge is 2.17. The largest absolute Gasteiger partial charge is 0.482 e. The molecule has 3 rings (SSSR count). The number of hydrogen-bond donors (Lipinski definition) is 2. The fourth-order valence-corrected chi connectivity index (χ4v) is 2.71. The molecule has 0 saturated carbocycles. The molecule has 0 atom stereocenters. The predicted molar refractivity (Wildman–Crippen MR) is 115 cm³/mol. The second-order valence-corrected chi connectivity index (χ2v) is 6.60. The van der Waals surface area contributed by atoms with Crippen molar-refractivity contribution in [3.05, 3.63) is 99.4 Å². The highest BCUT2D eigenvalue weighted by Crippen LogP contribution is 2.29. The molecule has 3 aromatic rings. The lowest BCUT2D eigenvalue weighted by molar-refractivity contribution is -0.386. The molecule has 0 unspecified atom stereocenters. The minimum atomic E-state index is -0.574. The van der Waals surface area contributed by atoms with Gasteiger partial charge >= 0.3 is 5.69 Å². The molecule has 0 aliphatic rings. The second-order valence-electron chi connectivity index (χ2n) is 6.60. The summed E-state index contributed by atoms with van der Waals surface area (Å²) < 4.78 is 5.58. The van der Waals surface area contributed by atoms with E-state index in [1.165, 1.54) is 12.1 Å². The molecule has 3 N–H and O–H groups in total. The van der Waals surface area contributed by atoms with Gasteiger partial charge in [-0.2, -0.15) is 10.4 Å². The number of nitrogens with one attached hydrogen (secondary N) is 1. The van der Waals surface area contributed by atoms with Crippen molar-refractivity contribution < 1.29 is 14.5 Å². The van der Waals surface area contributed by atoms with Crippen LogP contribution in [0, 0.1) is 21.4 Å². The Morgan fingerprint density at radius 1 is 1.16 bits per heavy atom. The van der Waals surface area contributed by atoms with Crippen LogP contribution in [0.3, 0.4) is 0 Å². The highest BCUT2D eigenvalue weighted by atomic mass is 16.6. The molecular weight excluding hydrogens is 412 g/mol. The lowest BCUT2D eigenvalue weighted by Gasteiger charge is -2.09. The number of nitro benzene ring substituents is 1. The second kappa shape index (κ2) is 10.3. The maximum Gasteiger partial charge on any atom is 0.311 e. The van der Waals surface area contributed by atoms with Crippen molar-refractivity contribution in [3.63, 3.8) is 0 Å². The predicted octanol–water partition coefficient (Wildman–Crippen LogP) is 2.42. The van der Waals surface area contributed by atoms with Gasteiger partial charge in [0.05, 0.1) is 23.0 Å². The van der Waals surface area contributed by atoms with Crippen LogP contribution in [0.15, 0.2) is 72.1 Å². The normalized spacial score (nSPS) is 10.8. The molecule has 1 aromatic heterocycles. The first-order chi connectivity index (χ1) is 15.5. The van der Waals surface area contributed by atoms with Crippen molar-refractivity contribution in [2.45, 2.75) is 13.0 Å². The molecule has 10 heteroatoms. The Morgan fingerprint density at radius 2 is 1.84 bits per heavy atom. The zero-order valence-corrected chi connectivity index (χ0v) is 16.8. The Labute approximate surface area is 183 Å². The summed E-state index contributed by atoms with van der Waals surface area (Å²) in [5.74, 6) is -0.302. The van der Waals surface area contributed by atoms with Gasteiger partial charge < -0.3 is 10.5 Å². The van der Waals surface area contributed by atoms with Crippen molar-refractivity contribution in [1.82, 2.24) is 10.4 Å². The topological polar surface area (TPSA) is 157 Å². The molecule has 10 nitrogen and oxygen atoms in total. The van der Waals surface area contributed by atoms with E-state index < -0.39 is 10.8 Å². The van der Waals surface area contributed by atoms with E-state index in [2.05, 4.69) is 15.5 Å². The van der Waals surface area contributed by atoms with E-state index in [9.17, 15) is 14.9 Å². The van der Waals surface area contributed by atoms with Gasteiger partial charge in [0.15, 0.2) is 11.6 Å². The Balaban J connectivity index is 1.65. The zero-order chi connectivity index (χ0) is 22.9. The Kier molecular flexibility index (Phi) is 7.06. The van der Waals surface area contributed by atoms with Gasteiger partial charge in [-0.3, -0.25) is 19.9 Å². The summed E-state index contributed by atoms with van der Waals surface area (Å²) in [5.41, 5.74) is 10.1. The SMILES string of the molecule is N#Cc1ccc(COc2ccc(CC(=O)N/N=C(\N)c3ccncc3)cc2[N+](=O)[O-])cc1. The smallest absolute Gasteiger partial charge is 0.311 e. The minimum absolute atomic E-state index is 0.0727. The van der Waals surface area contributed by atoms with Gasteiger partial charge in [0.2, 0.25) is 5.91 Å². The molecule has 0 bridgehead atoms. The number of nitrogens with zero attached hydrogens (tertiary/aromatic N) is 4. The summed E-state index contributed by atoms with van der Waals surface area (Å²) >= 11 is 0. The third-order valence-electron chi connectivity index (χ3n) is 4.34. The van der Waals surface area contributed by atoms with Gasteiger partial charge in [-0.25, -0.2) is 5.43 Å². The first-order valence-corrected chi connectivity index (χ1v) is 9.38. The average Bonchev–Trinajstić information content (AvgIpc) is 2.82. The summed E-state index contributed by atoms with van der Waals surface area (Å²) in [5, 5.41) is 24.1. The Bertz CT molecular complexity index is 1190. The van der Waals surface area contributed by atoms with Crippen LogP contribution in [-0.2, 0) is 17.8 Å². The van der Waals surface area contributed by atoms with Crippen molar-refractivity contribution in [3.8, 4) is 11.8 Å². The van der Waals surface area contributed by atoms with E-state index in [-0.39, 0.29) is 30.3 Å². The molecular formula is C22H18N6O4. The molecule has 1 amide bonds. The van der Waals surface area contributed by atoms with Gasteiger partial charge in [0.25, 0.3) is 0 Å². The van der Waals surface area contributed by atoms with E-state index in [1.54, 1.807) is 54.9 Å². The number of nitrogens with two attached hydrogens (primary N) is 1. The van der Waals surface area contributed by atoms with Gasteiger partial charge in [0, 0.05) is 24.0 Å². The van der Waals surface area contributed by atoms with Gasteiger partial charge in [-0.05, 0) is 41.5 Å². The fourth-order valence-electron chi connectivity index (χ4n) is 2.71. The standard InChI is InChI=1S/C22H18N6O4/c23-13-15-1-3-16(4-2-15)14-32-20-6-5-17(11-19(20)28(30)31)12-21(29)26-27-22(24)18-7-9-25-10-8-18/h1-11H,12,14H2,(H2,24,27)(H,26,29). The summed E-state index contributed by atoms with van der Waals surface area (Å²) in [6, 6.07) is 16.3. The molecule has 0 saturated heterocycles. The summed E-state index contributed by atoms with van der Waals surface area (Å²) in [6.07, 6.45) is 2.96. The molecule has 2 aromatic carbocycles. The van der Waals surface area contributed by atoms with Crippen LogP contribution in [0.4, 0.5) is 5.69 Å². The number of amides is 1. The van der Waals surface area contributed by atoms with Gasteiger partial charge in [-0.1, -0.05) is 18.2 Å². The zero-order valence-electron chi connectivity index (χ0n) is 16.8. The van der Waals surface area contributed by atoms with E-state index in [0.717, 1.165) is 5.56 Å². The minimum Gasteiger partial charge on any atom is -0.482 e. The van der Waals surface area contributed by atoms with Crippen molar-refractivity contribution in [1.29, 1.82) is 5.26 Å². The van der Waals surface area contributed by atoms with E-state index >= 15 is 0 Å². The number of pyridine rings is 1. The molecule has 1 heterocycles. The van der Waals surface area contributed by atoms with Crippen LogP contribution < -0.4 is 15.9 Å². The van der Waals surface area contributed by atoms with Crippen LogP contribution in [0.25, 0.3) is 0 Å². The fraction of sp³-hybridized carbons (Fsp3) is 0.0909. The van der Waals surface area contributed by atoms with Crippen LogP contribution >= 0.6 is 0 Å². The molecule has 160 valence electrons. The summed E-state index contributed by atoms with van der Waals surface area (Å²) in [7, 11) is 0. The third kappa shape index (κ3) is 5.87. The summed E-state index contributed by atoms with van der Waals surface area (Å²) in [6.45, 7) is 0.0926. The first-order valence-electron chi connectivity index (χ1n) is 9.38. The van der Waals surface area contributed by atoms with Crippen LogP contribution in [0.5, 0.6) is 5.75 Å². The number of carbonyl (C=O) groups excluding carboxylic acids is 1. The number of nitro groups is 1. The van der Waals surface area contributed by atoms with Crippen LogP contribution in [-0.4, -0.2) is 21.7 Å². The third-order valence-corrected chi connectivity index (χ3v) is 4.34. The van der Waals surface area contributed by atoms with Gasteiger partial charge in [0.1, 0.15) is 6.61 Å². The van der Waals surface area contributed by atoms with Crippen molar-refractivity contribution in [2.24, 2.45) is 10.8 Å². The maximum atomic E-state index is 12.2. The molecule has 0 spiro atoms. The van der Waals surface area contributed by atoms with Crippen molar-refractivity contribution in [2.75, 3.05) is 0 Å². The lowest BCUT2D eigenvalue weighted by Crippen LogP contribution is -2.25. The number of rotatable bonds is 8. The number of amidine groups is 1. The van der Waals surface area contributed by atoms with Crippen LogP contribution in [0.2, 0.25) is 0 Å². The maximum absolute atomic E-state index is 12.2. The van der Waals surface area contributed by atoms with Crippen LogP contribution in [0.1, 0.15) is 22.3 Å². The lowest BCUT2D eigenvalue weighted by atomic mass is 10.1. The van der Waals surface area contributed by atoms with Gasteiger partial charge in [-0.15, -0.1) is 0 Å². The first kappa shape index (κ1) is 21.9. The molecule has 0 radical (unpaired) electrons. The highest BCUT2D eigenvalue weighted by molar-refractivity contribution is 5.97. The molecule has 0 fully saturated rings. The van der Waals surface area contributed by atoms with Crippen molar-refractivity contribution >= 4 is 17.4 Å². The Morgan fingerprint density at radius 3 is 2.50 bits per heavy atom. The number of hydrazone groups is 1. The number of carbonyl (C=O) groups is 1. The number of nitriles is 1. The van der Waals surface area contributed by atoms with E-state index in [4.69, 9.17) is 15.7 Å². The van der Waals surface area contributed by atoms with E-state index in [1.807, 2.05) is 6.07 Å². The molecule has 32 heavy (non-hydrogen) atoms. The number of aromatic nitrogens is 1. The molecule has 0 aliphatic heterocycles.